The summed E-state index contributed by atoms with van der Waals surface area (Å²) < 4.78 is 5.10. The van der Waals surface area contributed by atoms with Gasteiger partial charge in [0.2, 0.25) is 11.8 Å². The normalized spacial score (nSPS) is 18.1. The zero-order valence-electron chi connectivity index (χ0n) is 9.54. The molecule has 0 bridgehead atoms. The van der Waals surface area contributed by atoms with Crippen molar-refractivity contribution in [2.45, 2.75) is 6.42 Å². The lowest BCUT2D eigenvalue weighted by molar-refractivity contribution is -0.147. The molecule has 0 N–H and O–H groups in total. The quantitative estimate of drug-likeness (QED) is 0.700. The number of nitrogens with zero attached hydrogens (tertiary/aromatic N) is 2. The van der Waals surface area contributed by atoms with Crippen LogP contribution in [0.5, 0.6) is 0 Å². The third-order valence-electron chi connectivity index (χ3n) is 2.82. The van der Waals surface area contributed by atoms with Crippen LogP contribution in [0.15, 0.2) is 22.8 Å². The van der Waals surface area contributed by atoms with Crippen LogP contribution in [-0.4, -0.2) is 41.7 Å². The second-order valence-electron chi connectivity index (χ2n) is 3.91. The first-order valence-corrected chi connectivity index (χ1v) is 5.14. The van der Waals surface area contributed by atoms with Gasteiger partial charge in [0.25, 0.3) is 0 Å². The fourth-order valence-corrected chi connectivity index (χ4v) is 1.79. The molecule has 0 saturated carbocycles. The third-order valence-corrected chi connectivity index (χ3v) is 2.82. The van der Waals surface area contributed by atoms with Gasteiger partial charge in [0.05, 0.1) is 6.26 Å². The highest BCUT2D eigenvalue weighted by Gasteiger charge is 2.42. The van der Waals surface area contributed by atoms with Crippen molar-refractivity contribution >= 4 is 17.8 Å². The molecule has 2 rings (SSSR count). The topological polar surface area (TPSA) is 70.8 Å². The Balaban J connectivity index is 2.24. The monoisotopic (exact) mass is 236 g/mol. The molecule has 6 heteroatoms. The zero-order chi connectivity index (χ0) is 12.6. The number of urea groups is 1. The molecular weight excluding hydrogens is 224 g/mol. The summed E-state index contributed by atoms with van der Waals surface area (Å²) in [6.07, 6.45) is 1.65. The molecule has 0 radical (unpaired) electrons. The first-order valence-electron chi connectivity index (χ1n) is 5.14. The molecule has 17 heavy (non-hydrogen) atoms. The standard InChI is InChI=1S/C11H12N2O4/c1-12-9(14)8(6-7-4-3-5-17-7)10(15)13(2)11(12)16/h3-5,8H,6H2,1-2H3. The van der Waals surface area contributed by atoms with E-state index in [1.807, 2.05) is 0 Å². The maximum Gasteiger partial charge on any atom is 0.332 e. The maximum absolute atomic E-state index is 11.8. The molecule has 1 aliphatic heterocycles. The van der Waals surface area contributed by atoms with Gasteiger partial charge in [-0.1, -0.05) is 0 Å². The van der Waals surface area contributed by atoms with Crippen molar-refractivity contribution < 1.29 is 18.8 Å². The minimum absolute atomic E-state index is 0.173. The van der Waals surface area contributed by atoms with Crippen molar-refractivity contribution in [1.82, 2.24) is 9.80 Å². The number of hydrogen-bond donors (Lipinski definition) is 0. The molecule has 4 amide bonds. The SMILES string of the molecule is CN1C(=O)C(Cc2ccco2)C(=O)N(C)C1=O. The molecular formula is C11H12N2O4. The van der Waals surface area contributed by atoms with Crippen LogP contribution in [0.25, 0.3) is 0 Å². The fourth-order valence-electron chi connectivity index (χ4n) is 1.79. The minimum atomic E-state index is -0.881. The Bertz CT molecular complexity index is 442. The van der Waals surface area contributed by atoms with Crippen LogP contribution in [-0.2, 0) is 16.0 Å². The Kier molecular flexibility index (Phi) is 2.71. The molecule has 0 unspecified atom stereocenters. The second-order valence-corrected chi connectivity index (χ2v) is 3.91. The van der Waals surface area contributed by atoms with Crippen LogP contribution in [0, 0.1) is 5.92 Å². The van der Waals surface area contributed by atoms with Crippen LogP contribution in [0.1, 0.15) is 5.76 Å². The van der Waals surface area contributed by atoms with Gasteiger partial charge in [0.15, 0.2) is 0 Å². The zero-order valence-corrected chi connectivity index (χ0v) is 9.54. The average Bonchev–Trinajstić information content (AvgIpc) is 2.82. The van der Waals surface area contributed by atoms with E-state index in [2.05, 4.69) is 0 Å². The number of furan rings is 1. The van der Waals surface area contributed by atoms with Crippen molar-refractivity contribution in [3.8, 4) is 0 Å². The van der Waals surface area contributed by atoms with Gasteiger partial charge in [-0.05, 0) is 12.1 Å². The lowest BCUT2D eigenvalue weighted by atomic mass is 9.99. The summed E-state index contributed by atoms with van der Waals surface area (Å²) in [4.78, 5) is 37.1. The van der Waals surface area contributed by atoms with Crippen molar-refractivity contribution in [1.29, 1.82) is 0 Å². The minimum Gasteiger partial charge on any atom is -0.469 e. The second kappa shape index (κ2) is 4.04. The highest BCUT2D eigenvalue weighted by atomic mass is 16.3. The van der Waals surface area contributed by atoms with Crippen molar-refractivity contribution in [3.63, 3.8) is 0 Å². The van der Waals surface area contributed by atoms with E-state index in [1.165, 1.54) is 20.4 Å². The van der Waals surface area contributed by atoms with Gasteiger partial charge in [-0.2, -0.15) is 0 Å². The van der Waals surface area contributed by atoms with E-state index >= 15 is 0 Å². The van der Waals surface area contributed by atoms with Gasteiger partial charge in [0.1, 0.15) is 11.7 Å². The lowest BCUT2D eigenvalue weighted by Crippen LogP contribution is -2.57. The van der Waals surface area contributed by atoms with Gasteiger partial charge in [-0.25, -0.2) is 4.79 Å². The number of amides is 4. The highest BCUT2D eigenvalue weighted by molar-refractivity contribution is 6.15. The Morgan fingerprint density at radius 3 is 2.24 bits per heavy atom. The lowest BCUT2D eigenvalue weighted by Gasteiger charge is -2.32. The van der Waals surface area contributed by atoms with E-state index in [4.69, 9.17) is 4.42 Å². The number of carbonyl (C=O) groups excluding carboxylic acids is 3. The summed E-state index contributed by atoms with van der Waals surface area (Å²) in [7, 11) is 2.73. The van der Waals surface area contributed by atoms with E-state index in [9.17, 15) is 14.4 Å². The summed E-state index contributed by atoms with van der Waals surface area (Å²) in [5.74, 6) is -1.31. The van der Waals surface area contributed by atoms with E-state index in [0.717, 1.165) is 9.80 Å². The van der Waals surface area contributed by atoms with Gasteiger partial charge in [-0.15, -0.1) is 0 Å². The van der Waals surface area contributed by atoms with Gasteiger partial charge in [0, 0.05) is 20.5 Å². The Morgan fingerprint density at radius 2 is 1.76 bits per heavy atom. The van der Waals surface area contributed by atoms with Crippen LogP contribution in [0.3, 0.4) is 0 Å². The van der Waals surface area contributed by atoms with Crippen LogP contribution >= 0.6 is 0 Å². The van der Waals surface area contributed by atoms with E-state index < -0.39 is 23.8 Å². The summed E-state index contributed by atoms with van der Waals surface area (Å²) in [6, 6.07) is 2.78. The van der Waals surface area contributed by atoms with E-state index in [1.54, 1.807) is 12.1 Å². The molecule has 90 valence electrons. The van der Waals surface area contributed by atoms with Crippen LogP contribution in [0.4, 0.5) is 4.79 Å². The van der Waals surface area contributed by atoms with Gasteiger partial charge in [-0.3, -0.25) is 19.4 Å². The fraction of sp³-hybridized carbons (Fsp3) is 0.364. The van der Waals surface area contributed by atoms with Crippen LogP contribution in [0.2, 0.25) is 0 Å². The van der Waals surface area contributed by atoms with Crippen molar-refractivity contribution in [2.75, 3.05) is 14.1 Å². The van der Waals surface area contributed by atoms with Crippen molar-refractivity contribution in [2.24, 2.45) is 5.92 Å². The molecule has 6 nitrogen and oxygen atoms in total. The van der Waals surface area contributed by atoms with Crippen molar-refractivity contribution in [3.05, 3.63) is 24.2 Å². The summed E-state index contributed by atoms with van der Waals surface area (Å²) in [5.41, 5.74) is 0. The number of barbiturate groups is 1. The molecule has 1 saturated heterocycles. The molecule has 0 atom stereocenters. The van der Waals surface area contributed by atoms with E-state index in [0.29, 0.717) is 5.76 Å². The predicted octanol–water partition coefficient (Wildman–Crippen LogP) is 0.489. The summed E-state index contributed by atoms with van der Waals surface area (Å²) in [6.45, 7) is 0. The Labute approximate surface area is 97.8 Å². The largest absolute Gasteiger partial charge is 0.469 e. The molecule has 1 aromatic rings. The molecule has 0 spiro atoms. The number of hydrogen-bond acceptors (Lipinski definition) is 4. The average molecular weight is 236 g/mol. The molecule has 1 aliphatic rings. The molecule has 2 heterocycles. The Morgan fingerprint density at radius 1 is 1.18 bits per heavy atom. The summed E-state index contributed by atoms with van der Waals surface area (Å²) in [5, 5.41) is 0. The number of carbonyl (C=O) groups is 3. The smallest absolute Gasteiger partial charge is 0.332 e. The summed E-state index contributed by atoms with van der Waals surface area (Å²) >= 11 is 0. The number of rotatable bonds is 2. The predicted molar refractivity (Wildman–Crippen MR) is 56.8 cm³/mol. The maximum atomic E-state index is 11.8. The first-order chi connectivity index (χ1) is 8.02. The van der Waals surface area contributed by atoms with Crippen LogP contribution < -0.4 is 0 Å². The first kappa shape index (κ1) is 11.4. The van der Waals surface area contributed by atoms with Gasteiger partial charge >= 0.3 is 6.03 Å². The molecule has 1 aromatic heterocycles. The molecule has 0 aromatic carbocycles. The van der Waals surface area contributed by atoms with E-state index in [-0.39, 0.29) is 6.42 Å². The molecule has 1 fully saturated rings. The third kappa shape index (κ3) is 1.82. The number of imide groups is 2. The highest BCUT2D eigenvalue weighted by Crippen LogP contribution is 2.19. The Hall–Kier alpha value is -2.11. The molecule has 0 aliphatic carbocycles. The van der Waals surface area contributed by atoms with Gasteiger partial charge < -0.3 is 4.42 Å².